The summed E-state index contributed by atoms with van der Waals surface area (Å²) >= 11 is 3.36. The maximum Gasteiger partial charge on any atom is 0.196 e. The number of hydrogen-bond donors (Lipinski definition) is 0. The summed E-state index contributed by atoms with van der Waals surface area (Å²) in [4.78, 5) is 12.5. The minimum absolute atomic E-state index is 0.0372. The molecule has 1 fully saturated rings. The van der Waals surface area contributed by atoms with Crippen LogP contribution in [-0.2, 0) is 4.74 Å². The summed E-state index contributed by atoms with van der Waals surface area (Å²) in [5.41, 5.74) is 1.22. The second kappa shape index (κ2) is 5.77. The molecule has 2 aromatic rings. The number of carbonyl (C=O) groups excluding carboxylic acids is 1. The van der Waals surface area contributed by atoms with Gasteiger partial charge in [-0.05, 0) is 36.4 Å². The lowest BCUT2D eigenvalue weighted by molar-refractivity contribution is 0.103. The lowest BCUT2D eigenvalue weighted by atomic mass is 10.0. The van der Waals surface area contributed by atoms with Gasteiger partial charge in [0, 0.05) is 10.0 Å². The van der Waals surface area contributed by atoms with Gasteiger partial charge in [-0.25, -0.2) is 0 Å². The second-order valence-electron chi connectivity index (χ2n) is 4.60. The van der Waals surface area contributed by atoms with Crippen molar-refractivity contribution in [3.63, 3.8) is 0 Å². The highest BCUT2D eigenvalue weighted by molar-refractivity contribution is 9.10. The standard InChI is InChI=1S/C16H13BrO3/c17-12-7-5-11(6-8-12)16(18)14-3-1-2-4-15(14)20-10-13-9-19-13/h1-8,13H,9-10H2. The van der Waals surface area contributed by atoms with Crippen molar-refractivity contribution in [2.75, 3.05) is 13.2 Å². The summed E-state index contributed by atoms with van der Waals surface area (Å²) in [6.07, 6.45) is 0.172. The zero-order valence-corrected chi connectivity index (χ0v) is 12.3. The smallest absolute Gasteiger partial charge is 0.196 e. The molecule has 0 bridgehead atoms. The summed E-state index contributed by atoms with van der Waals surface area (Å²) < 4.78 is 11.7. The van der Waals surface area contributed by atoms with E-state index in [4.69, 9.17) is 9.47 Å². The van der Waals surface area contributed by atoms with E-state index in [9.17, 15) is 4.79 Å². The number of benzene rings is 2. The summed E-state index contributed by atoms with van der Waals surface area (Å²) in [5, 5.41) is 0. The quantitative estimate of drug-likeness (QED) is 0.621. The SMILES string of the molecule is O=C(c1ccc(Br)cc1)c1ccccc1OCC1CO1. The van der Waals surface area contributed by atoms with Crippen molar-refractivity contribution in [1.82, 2.24) is 0 Å². The molecule has 0 amide bonds. The molecular formula is C16H13BrO3. The number of carbonyl (C=O) groups is 1. The Hall–Kier alpha value is -1.65. The van der Waals surface area contributed by atoms with Crippen molar-refractivity contribution in [1.29, 1.82) is 0 Å². The van der Waals surface area contributed by atoms with E-state index in [1.165, 1.54) is 0 Å². The number of para-hydroxylation sites is 1. The number of ether oxygens (including phenoxy) is 2. The summed E-state index contributed by atoms with van der Waals surface area (Å²) in [5.74, 6) is 0.570. The first kappa shape index (κ1) is 13.3. The fourth-order valence-corrected chi connectivity index (χ4v) is 2.15. The van der Waals surface area contributed by atoms with Crippen molar-refractivity contribution in [3.05, 3.63) is 64.1 Å². The van der Waals surface area contributed by atoms with Crippen LogP contribution in [0.2, 0.25) is 0 Å². The van der Waals surface area contributed by atoms with Crippen LogP contribution in [0.15, 0.2) is 53.0 Å². The predicted octanol–water partition coefficient (Wildman–Crippen LogP) is 3.46. The van der Waals surface area contributed by atoms with Crippen molar-refractivity contribution < 1.29 is 14.3 Å². The Bertz CT molecular complexity index is 618. The molecule has 1 unspecified atom stereocenters. The van der Waals surface area contributed by atoms with Crippen LogP contribution in [0.25, 0.3) is 0 Å². The van der Waals surface area contributed by atoms with Crippen molar-refractivity contribution in [2.24, 2.45) is 0 Å². The summed E-state index contributed by atoms with van der Waals surface area (Å²) in [6, 6.07) is 14.6. The van der Waals surface area contributed by atoms with E-state index in [0.717, 1.165) is 11.1 Å². The van der Waals surface area contributed by atoms with E-state index in [1.54, 1.807) is 18.2 Å². The van der Waals surface area contributed by atoms with E-state index in [0.29, 0.717) is 23.5 Å². The molecule has 102 valence electrons. The molecule has 0 saturated carbocycles. The maximum atomic E-state index is 12.5. The molecule has 1 saturated heterocycles. The largest absolute Gasteiger partial charge is 0.490 e. The highest BCUT2D eigenvalue weighted by atomic mass is 79.9. The highest BCUT2D eigenvalue weighted by Gasteiger charge is 2.24. The molecule has 1 aliphatic heterocycles. The minimum atomic E-state index is -0.0372. The van der Waals surface area contributed by atoms with Crippen LogP contribution in [0.4, 0.5) is 0 Å². The van der Waals surface area contributed by atoms with Gasteiger partial charge in [0.2, 0.25) is 0 Å². The Morgan fingerprint density at radius 2 is 1.90 bits per heavy atom. The highest BCUT2D eigenvalue weighted by Crippen LogP contribution is 2.23. The van der Waals surface area contributed by atoms with Crippen molar-refractivity contribution in [2.45, 2.75) is 6.10 Å². The van der Waals surface area contributed by atoms with Crippen LogP contribution in [-0.4, -0.2) is 25.1 Å². The molecule has 1 heterocycles. The molecule has 0 aliphatic carbocycles. The van der Waals surface area contributed by atoms with Gasteiger partial charge in [-0.1, -0.05) is 28.1 Å². The Morgan fingerprint density at radius 3 is 2.60 bits per heavy atom. The average molecular weight is 333 g/mol. The first-order valence-electron chi connectivity index (χ1n) is 6.38. The predicted molar refractivity (Wildman–Crippen MR) is 79.3 cm³/mol. The number of hydrogen-bond acceptors (Lipinski definition) is 3. The van der Waals surface area contributed by atoms with Crippen molar-refractivity contribution in [3.8, 4) is 5.75 Å². The van der Waals surface area contributed by atoms with Crippen molar-refractivity contribution >= 4 is 21.7 Å². The monoisotopic (exact) mass is 332 g/mol. The molecule has 0 radical (unpaired) electrons. The van der Waals surface area contributed by atoms with Gasteiger partial charge in [-0.3, -0.25) is 4.79 Å². The van der Waals surface area contributed by atoms with Crippen LogP contribution < -0.4 is 4.74 Å². The topological polar surface area (TPSA) is 38.8 Å². The van der Waals surface area contributed by atoms with E-state index >= 15 is 0 Å². The molecule has 20 heavy (non-hydrogen) atoms. The summed E-state index contributed by atoms with van der Waals surface area (Å²) in [7, 11) is 0. The Morgan fingerprint density at radius 1 is 1.20 bits per heavy atom. The average Bonchev–Trinajstić information content (AvgIpc) is 3.30. The van der Waals surface area contributed by atoms with Gasteiger partial charge < -0.3 is 9.47 Å². The fourth-order valence-electron chi connectivity index (χ4n) is 1.88. The molecule has 0 N–H and O–H groups in total. The van der Waals surface area contributed by atoms with Crippen LogP contribution in [0.3, 0.4) is 0 Å². The van der Waals surface area contributed by atoms with E-state index in [2.05, 4.69) is 15.9 Å². The van der Waals surface area contributed by atoms with Crippen LogP contribution in [0, 0.1) is 0 Å². The van der Waals surface area contributed by atoms with Gasteiger partial charge in [-0.15, -0.1) is 0 Å². The maximum absolute atomic E-state index is 12.5. The third-order valence-corrected chi connectivity index (χ3v) is 3.59. The fraction of sp³-hybridized carbons (Fsp3) is 0.188. The zero-order valence-electron chi connectivity index (χ0n) is 10.7. The molecule has 1 atom stereocenters. The first-order chi connectivity index (χ1) is 9.74. The number of halogens is 1. The van der Waals surface area contributed by atoms with E-state index in [-0.39, 0.29) is 11.9 Å². The molecule has 1 aliphatic rings. The molecule has 0 spiro atoms. The van der Waals surface area contributed by atoms with Crippen LogP contribution in [0.5, 0.6) is 5.75 Å². The first-order valence-corrected chi connectivity index (χ1v) is 7.17. The Labute approximate surface area is 125 Å². The van der Waals surface area contributed by atoms with Crippen LogP contribution >= 0.6 is 15.9 Å². The Kier molecular flexibility index (Phi) is 3.85. The molecule has 4 heteroatoms. The molecule has 3 rings (SSSR count). The normalized spacial score (nSPS) is 16.8. The molecule has 3 nitrogen and oxygen atoms in total. The lowest BCUT2D eigenvalue weighted by Crippen LogP contribution is -2.09. The number of epoxide rings is 1. The molecule has 0 aromatic heterocycles. The Balaban J connectivity index is 1.84. The zero-order chi connectivity index (χ0) is 13.9. The third-order valence-electron chi connectivity index (χ3n) is 3.07. The number of ketones is 1. The van der Waals surface area contributed by atoms with Crippen LogP contribution in [0.1, 0.15) is 15.9 Å². The summed E-state index contributed by atoms with van der Waals surface area (Å²) in [6.45, 7) is 1.23. The van der Waals surface area contributed by atoms with Gasteiger partial charge in [-0.2, -0.15) is 0 Å². The second-order valence-corrected chi connectivity index (χ2v) is 5.51. The minimum Gasteiger partial charge on any atom is -0.490 e. The third kappa shape index (κ3) is 3.08. The molecular weight excluding hydrogens is 320 g/mol. The van der Waals surface area contributed by atoms with E-state index in [1.807, 2.05) is 30.3 Å². The van der Waals surface area contributed by atoms with Gasteiger partial charge in [0.1, 0.15) is 18.5 Å². The molecule has 2 aromatic carbocycles. The van der Waals surface area contributed by atoms with Gasteiger partial charge >= 0.3 is 0 Å². The van der Waals surface area contributed by atoms with Gasteiger partial charge in [0.15, 0.2) is 5.78 Å². The van der Waals surface area contributed by atoms with Gasteiger partial charge in [0.05, 0.1) is 12.2 Å². The number of rotatable bonds is 5. The van der Waals surface area contributed by atoms with E-state index < -0.39 is 0 Å². The van der Waals surface area contributed by atoms with Gasteiger partial charge in [0.25, 0.3) is 0 Å². The lowest BCUT2D eigenvalue weighted by Gasteiger charge is -2.09.